The molecule has 0 N–H and O–H groups in total. The molecule has 0 atom stereocenters. The molecule has 0 fully saturated rings. The predicted octanol–water partition coefficient (Wildman–Crippen LogP) is 3.52. The average molecular weight is 202 g/mol. The molecule has 15 heavy (non-hydrogen) atoms. The summed E-state index contributed by atoms with van der Waals surface area (Å²) in [5, 5.41) is 0. The van der Waals surface area contributed by atoms with E-state index in [-0.39, 0.29) is 0 Å². The highest BCUT2D eigenvalue weighted by molar-refractivity contribution is 5.41. The van der Waals surface area contributed by atoms with Gasteiger partial charge in [-0.15, -0.1) is 6.58 Å². The first kappa shape index (κ1) is 10.3. The Morgan fingerprint density at radius 2 is 2.13 bits per heavy atom. The molecular formula is C14H18O. The van der Waals surface area contributed by atoms with Gasteiger partial charge in [-0.2, -0.15) is 0 Å². The molecule has 1 heteroatoms. The largest absolute Gasteiger partial charge is 0.493 e. The minimum Gasteiger partial charge on any atom is -0.493 e. The maximum Gasteiger partial charge on any atom is 0.122 e. The fraction of sp³-hybridized carbons (Fsp3) is 0.429. The zero-order valence-corrected chi connectivity index (χ0v) is 9.17. The molecule has 2 rings (SSSR count). The molecule has 0 saturated heterocycles. The van der Waals surface area contributed by atoms with Crippen LogP contribution in [-0.2, 0) is 12.8 Å². The van der Waals surface area contributed by atoms with Crippen LogP contribution in [0.15, 0.2) is 30.9 Å². The van der Waals surface area contributed by atoms with Crippen molar-refractivity contribution in [3.8, 4) is 5.75 Å². The van der Waals surface area contributed by atoms with Crippen LogP contribution in [0.4, 0.5) is 0 Å². The van der Waals surface area contributed by atoms with Gasteiger partial charge in [-0.3, -0.25) is 0 Å². The summed E-state index contributed by atoms with van der Waals surface area (Å²) in [5.74, 6) is 1.09. The Hall–Kier alpha value is -1.24. The Labute approximate surface area is 91.8 Å². The molecule has 0 saturated carbocycles. The highest BCUT2D eigenvalue weighted by Gasteiger charge is 2.13. The predicted molar refractivity (Wildman–Crippen MR) is 63.4 cm³/mol. The first-order valence-corrected chi connectivity index (χ1v) is 5.76. The normalized spacial score (nSPS) is 14.4. The van der Waals surface area contributed by atoms with Gasteiger partial charge in [0.2, 0.25) is 0 Å². The minimum atomic E-state index is 0.750. The van der Waals surface area contributed by atoms with Gasteiger partial charge in [0.15, 0.2) is 0 Å². The summed E-state index contributed by atoms with van der Waals surface area (Å²) in [7, 11) is 0. The van der Waals surface area contributed by atoms with E-state index in [2.05, 4.69) is 24.8 Å². The lowest BCUT2D eigenvalue weighted by molar-refractivity contribution is 0.320. The molecular weight excluding hydrogens is 184 g/mol. The molecule has 0 bridgehead atoms. The summed E-state index contributed by atoms with van der Waals surface area (Å²) in [4.78, 5) is 0. The van der Waals surface area contributed by atoms with Crippen molar-refractivity contribution in [3.05, 3.63) is 42.0 Å². The molecule has 0 heterocycles. The van der Waals surface area contributed by atoms with Crippen LogP contribution < -0.4 is 4.74 Å². The van der Waals surface area contributed by atoms with Crippen molar-refractivity contribution in [3.63, 3.8) is 0 Å². The average Bonchev–Trinajstić information content (AvgIpc) is 2.30. The molecule has 0 unspecified atom stereocenters. The summed E-state index contributed by atoms with van der Waals surface area (Å²) in [5.41, 5.74) is 2.92. The van der Waals surface area contributed by atoms with Crippen LogP contribution >= 0.6 is 0 Å². The topological polar surface area (TPSA) is 9.23 Å². The lowest BCUT2D eigenvalue weighted by atomic mass is 9.91. The number of ether oxygens (including phenoxy) is 1. The molecule has 0 aromatic heterocycles. The highest BCUT2D eigenvalue weighted by Crippen LogP contribution is 2.29. The van der Waals surface area contributed by atoms with E-state index in [4.69, 9.17) is 4.74 Å². The Morgan fingerprint density at radius 1 is 1.27 bits per heavy atom. The van der Waals surface area contributed by atoms with Crippen molar-refractivity contribution in [2.45, 2.75) is 32.1 Å². The maximum absolute atomic E-state index is 5.77. The standard InChI is InChI=1S/C14H18O/c1-2-3-11-15-14-10-6-8-12-7-4-5-9-13(12)14/h2,6,8,10H,1,3-5,7,9,11H2. The van der Waals surface area contributed by atoms with Gasteiger partial charge >= 0.3 is 0 Å². The van der Waals surface area contributed by atoms with Crippen LogP contribution in [0.5, 0.6) is 5.75 Å². The second-order valence-corrected chi connectivity index (χ2v) is 4.03. The van der Waals surface area contributed by atoms with Crippen LogP contribution in [0.1, 0.15) is 30.4 Å². The summed E-state index contributed by atoms with van der Waals surface area (Å²) in [6.07, 6.45) is 7.84. The third-order valence-corrected chi connectivity index (χ3v) is 2.93. The Morgan fingerprint density at radius 3 is 3.00 bits per heavy atom. The molecule has 1 aliphatic carbocycles. The molecule has 1 aromatic carbocycles. The number of benzene rings is 1. The van der Waals surface area contributed by atoms with E-state index in [0.29, 0.717) is 0 Å². The summed E-state index contributed by atoms with van der Waals surface area (Å²) in [6.45, 7) is 4.45. The molecule has 1 nitrogen and oxygen atoms in total. The van der Waals surface area contributed by atoms with Gasteiger partial charge in [0.1, 0.15) is 5.75 Å². The van der Waals surface area contributed by atoms with E-state index in [1.54, 1.807) is 0 Å². The van der Waals surface area contributed by atoms with Crippen LogP contribution in [0.2, 0.25) is 0 Å². The number of rotatable bonds is 4. The van der Waals surface area contributed by atoms with E-state index >= 15 is 0 Å². The van der Waals surface area contributed by atoms with Crippen molar-refractivity contribution < 1.29 is 4.74 Å². The maximum atomic E-state index is 5.77. The van der Waals surface area contributed by atoms with Crippen molar-refractivity contribution in [1.82, 2.24) is 0 Å². The molecule has 1 aromatic rings. The van der Waals surface area contributed by atoms with Gasteiger partial charge in [-0.05, 0) is 49.3 Å². The molecule has 0 aliphatic heterocycles. The second kappa shape index (κ2) is 5.01. The Balaban J connectivity index is 2.12. The second-order valence-electron chi connectivity index (χ2n) is 4.03. The van der Waals surface area contributed by atoms with Gasteiger partial charge in [-0.25, -0.2) is 0 Å². The highest BCUT2D eigenvalue weighted by atomic mass is 16.5. The van der Waals surface area contributed by atoms with E-state index in [1.807, 2.05) is 6.08 Å². The number of hydrogen-bond donors (Lipinski definition) is 0. The van der Waals surface area contributed by atoms with Gasteiger partial charge in [-0.1, -0.05) is 18.2 Å². The van der Waals surface area contributed by atoms with Crippen LogP contribution in [0.3, 0.4) is 0 Å². The van der Waals surface area contributed by atoms with Gasteiger partial charge in [0, 0.05) is 0 Å². The SMILES string of the molecule is C=CCCOc1cccc2c1CCCC2. The Bertz CT molecular complexity index is 341. The summed E-state index contributed by atoms with van der Waals surface area (Å²) < 4.78 is 5.77. The monoisotopic (exact) mass is 202 g/mol. The van der Waals surface area contributed by atoms with Gasteiger partial charge in [0.05, 0.1) is 6.61 Å². The summed E-state index contributed by atoms with van der Waals surface area (Å²) in [6, 6.07) is 6.43. The first-order chi connectivity index (χ1) is 7.42. The van der Waals surface area contributed by atoms with E-state index in [0.717, 1.165) is 18.8 Å². The molecule has 0 amide bonds. The van der Waals surface area contributed by atoms with Crippen LogP contribution in [0, 0.1) is 0 Å². The zero-order chi connectivity index (χ0) is 10.5. The third-order valence-electron chi connectivity index (χ3n) is 2.93. The van der Waals surface area contributed by atoms with Crippen molar-refractivity contribution in [2.24, 2.45) is 0 Å². The quantitative estimate of drug-likeness (QED) is 0.536. The number of hydrogen-bond acceptors (Lipinski definition) is 1. The first-order valence-electron chi connectivity index (χ1n) is 5.76. The van der Waals surface area contributed by atoms with Crippen molar-refractivity contribution >= 4 is 0 Å². The Kier molecular flexibility index (Phi) is 3.44. The molecule has 0 spiro atoms. The fourth-order valence-electron chi connectivity index (χ4n) is 2.13. The van der Waals surface area contributed by atoms with Crippen LogP contribution in [-0.4, -0.2) is 6.61 Å². The minimum absolute atomic E-state index is 0.750. The van der Waals surface area contributed by atoms with Gasteiger partial charge < -0.3 is 4.74 Å². The smallest absolute Gasteiger partial charge is 0.122 e. The van der Waals surface area contributed by atoms with Crippen molar-refractivity contribution in [1.29, 1.82) is 0 Å². The molecule has 80 valence electrons. The van der Waals surface area contributed by atoms with E-state index < -0.39 is 0 Å². The molecule has 1 aliphatic rings. The lowest BCUT2D eigenvalue weighted by Crippen LogP contribution is -2.06. The molecule has 0 radical (unpaired) electrons. The lowest BCUT2D eigenvalue weighted by Gasteiger charge is -2.19. The zero-order valence-electron chi connectivity index (χ0n) is 9.17. The van der Waals surface area contributed by atoms with E-state index in [1.165, 1.54) is 36.8 Å². The fourth-order valence-corrected chi connectivity index (χ4v) is 2.13. The van der Waals surface area contributed by atoms with Crippen LogP contribution in [0.25, 0.3) is 0 Å². The number of fused-ring (bicyclic) bond motifs is 1. The summed E-state index contributed by atoms with van der Waals surface area (Å²) >= 11 is 0. The third kappa shape index (κ3) is 2.41. The van der Waals surface area contributed by atoms with Crippen molar-refractivity contribution in [2.75, 3.05) is 6.61 Å². The number of aryl methyl sites for hydroxylation is 1. The van der Waals surface area contributed by atoms with Gasteiger partial charge in [0.25, 0.3) is 0 Å². The van der Waals surface area contributed by atoms with E-state index in [9.17, 15) is 0 Å².